The van der Waals surface area contributed by atoms with Gasteiger partial charge in [-0.05, 0) is 42.5 Å². The van der Waals surface area contributed by atoms with E-state index in [2.05, 4.69) is 5.32 Å². The van der Waals surface area contributed by atoms with Crippen molar-refractivity contribution in [1.82, 2.24) is 4.31 Å². The van der Waals surface area contributed by atoms with Gasteiger partial charge < -0.3 is 5.32 Å². The second-order valence-electron chi connectivity index (χ2n) is 4.77. The molecule has 0 radical (unpaired) electrons. The highest BCUT2D eigenvalue weighted by atomic mass is 35.5. The molecule has 1 N–H and O–H groups in total. The zero-order chi connectivity index (χ0) is 17.0. The molecule has 122 valence electrons. The molecule has 0 aliphatic rings. The zero-order valence-corrected chi connectivity index (χ0v) is 13.7. The summed E-state index contributed by atoms with van der Waals surface area (Å²) in [6, 6.07) is 11.0. The lowest BCUT2D eigenvalue weighted by atomic mass is 10.3. The fourth-order valence-electron chi connectivity index (χ4n) is 1.83. The van der Waals surface area contributed by atoms with E-state index in [1.165, 1.54) is 49.5 Å². The van der Waals surface area contributed by atoms with Crippen LogP contribution in [0.25, 0.3) is 0 Å². The van der Waals surface area contributed by atoms with E-state index < -0.39 is 21.7 Å². The molecule has 2 aromatic rings. The van der Waals surface area contributed by atoms with Gasteiger partial charge >= 0.3 is 0 Å². The molecule has 1 amide bonds. The van der Waals surface area contributed by atoms with Gasteiger partial charge in [0.25, 0.3) is 0 Å². The average Bonchev–Trinajstić information content (AvgIpc) is 2.49. The molecule has 0 aliphatic heterocycles. The average molecular weight is 357 g/mol. The molecular formula is C15H14ClFN2O3S. The molecule has 0 bridgehead atoms. The Balaban J connectivity index is 2.06. The first-order valence-corrected chi connectivity index (χ1v) is 8.38. The number of carbonyl (C=O) groups is 1. The van der Waals surface area contributed by atoms with E-state index in [9.17, 15) is 17.6 Å². The lowest BCUT2D eigenvalue weighted by Gasteiger charge is -2.17. The first-order chi connectivity index (χ1) is 10.8. The molecule has 8 heteroatoms. The molecule has 0 unspecified atom stereocenters. The quantitative estimate of drug-likeness (QED) is 0.895. The normalized spacial score (nSPS) is 11.5. The smallest absolute Gasteiger partial charge is 0.243 e. The molecule has 0 fully saturated rings. The monoisotopic (exact) mass is 356 g/mol. The van der Waals surface area contributed by atoms with Crippen LogP contribution in [0.2, 0.25) is 5.02 Å². The summed E-state index contributed by atoms with van der Waals surface area (Å²) in [6.45, 7) is -0.383. The number of rotatable bonds is 5. The predicted molar refractivity (Wildman–Crippen MR) is 86.3 cm³/mol. The largest absolute Gasteiger partial charge is 0.325 e. The van der Waals surface area contributed by atoms with Crippen molar-refractivity contribution in [2.75, 3.05) is 18.9 Å². The highest BCUT2D eigenvalue weighted by Gasteiger charge is 2.23. The third kappa shape index (κ3) is 4.51. The van der Waals surface area contributed by atoms with E-state index in [4.69, 9.17) is 11.6 Å². The third-order valence-corrected chi connectivity index (χ3v) is 5.03. The second kappa shape index (κ2) is 7.08. The maximum Gasteiger partial charge on any atom is 0.243 e. The third-order valence-electron chi connectivity index (χ3n) is 3.00. The number of benzene rings is 2. The first-order valence-electron chi connectivity index (χ1n) is 6.56. The van der Waals surface area contributed by atoms with Gasteiger partial charge in [0, 0.05) is 17.8 Å². The van der Waals surface area contributed by atoms with Crippen LogP contribution >= 0.6 is 11.6 Å². The van der Waals surface area contributed by atoms with E-state index in [-0.39, 0.29) is 16.5 Å². The van der Waals surface area contributed by atoms with Gasteiger partial charge in [0.2, 0.25) is 15.9 Å². The summed E-state index contributed by atoms with van der Waals surface area (Å²) in [5.41, 5.74) is 0.380. The van der Waals surface area contributed by atoms with Crippen molar-refractivity contribution in [1.29, 1.82) is 0 Å². The summed E-state index contributed by atoms with van der Waals surface area (Å²) in [6.07, 6.45) is 0. The SMILES string of the molecule is CN(CC(=O)Nc1ccc(F)cc1)S(=O)(=O)c1cccc(Cl)c1. The molecule has 5 nitrogen and oxygen atoms in total. The standard InChI is InChI=1S/C15H14ClFN2O3S/c1-19(23(21,22)14-4-2-3-11(16)9-14)10-15(20)18-13-7-5-12(17)6-8-13/h2-9H,10H2,1H3,(H,18,20). The first kappa shape index (κ1) is 17.4. The summed E-state index contributed by atoms with van der Waals surface area (Å²) in [4.78, 5) is 11.9. The van der Waals surface area contributed by atoms with Gasteiger partial charge in [0.05, 0.1) is 11.4 Å². The van der Waals surface area contributed by atoms with Crippen LogP contribution in [0, 0.1) is 5.82 Å². The number of likely N-dealkylation sites (N-methyl/N-ethyl adjacent to an activating group) is 1. The van der Waals surface area contributed by atoms with Gasteiger partial charge in [-0.25, -0.2) is 12.8 Å². The van der Waals surface area contributed by atoms with Crippen molar-refractivity contribution in [2.45, 2.75) is 4.90 Å². The lowest BCUT2D eigenvalue weighted by molar-refractivity contribution is -0.116. The topological polar surface area (TPSA) is 66.5 Å². The second-order valence-corrected chi connectivity index (χ2v) is 7.25. The van der Waals surface area contributed by atoms with Crippen molar-refractivity contribution in [3.63, 3.8) is 0 Å². The Morgan fingerprint density at radius 3 is 2.48 bits per heavy atom. The van der Waals surface area contributed by atoms with Crippen LogP contribution in [0.1, 0.15) is 0 Å². The van der Waals surface area contributed by atoms with E-state index in [1.54, 1.807) is 6.07 Å². The van der Waals surface area contributed by atoms with Gasteiger partial charge in [0.1, 0.15) is 5.82 Å². The Morgan fingerprint density at radius 2 is 1.87 bits per heavy atom. The van der Waals surface area contributed by atoms with E-state index in [1.807, 2.05) is 0 Å². The summed E-state index contributed by atoms with van der Waals surface area (Å²) in [7, 11) is -2.54. The number of anilines is 1. The Kier molecular flexibility index (Phi) is 5.35. The van der Waals surface area contributed by atoms with E-state index in [0.29, 0.717) is 5.69 Å². The van der Waals surface area contributed by atoms with Crippen LogP contribution in [0.4, 0.5) is 10.1 Å². The van der Waals surface area contributed by atoms with Gasteiger partial charge in [-0.15, -0.1) is 0 Å². The molecule has 23 heavy (non-hydrogen) atoms. The minimum absolute atomic E-state index is 0.00193. The molecule has 0 spiro atoms. The number of nitrogens with one attached hydrogen (secondary N) is 1. The Hall–Kier alpha value is -1.96. The Bertz CT molecular complexity index is 810. The van der Waals surface area contributed by atoms with Crippen LogP contribution in [-0.2, 0) is 14.8 Å². The van der Waals surface area contributed by atoms with E-state index >= 15 is 0 Å². The molecule has 0 aliphatic carbocycles. The Labute approximate surface area is 138 Å². The highest BCUT2D eigenvalue weighted by Crippen LogP contribution is 2.18. The fourth-order valence-corrected chi connectivity index (χ4v) is 3.26. The van der Waals surface area contributed by atoms with E-state index in [0.717, 1.165) is 4.31 Å². The molecule has 2 aromatic carbocycles. The predicted octanol–water partition coefficient (Wildman–Crippen LogP) is 2.74. The van der Waals surface area contributed by atoms with Crippen molar-refractivity contribution >= 4 is 33.2 Å². The van der Waals surface area contributed by atoms with Crippen molar-refractivity contribution in [2.24, 2.45) is 0 Å². The molecule has 0 heterocycles. The summed E-state index contributed by atoms with van der Waals surface area (Å²) in [5.74, 6) is -0.964. The van der Waals surface area contributed by atoms with Crippen LogP contribution in [0.5, 0.6) is 0 Å². The molecular weight excluding hydrogens is 343 g/mol. The maximum atomic E-state index is 12.8. The minimum atomic E-state index is -3.83. The highest BCUT2D eigenvalue weighted by molar-refractivity contribution is 7.89. The number of nitrogens with zero attached hydrogens (tertiary/aromatic N) is 1. The molecule has 0 saturated heterocycles. The van der Waals surface area contributed by atoms with Crippen molar-refractivity contribution < 1.29 is 17.6 Å². The van der Waals surface area contributed by atoms with Gasteiger partial charge in [0.15, 0.2) is 0 Å². The number of sulfonamides is 1. The van der Waals surface area contributed by atoms with Gasteiger partial charge in [-0.1, -0.05) is 17.7 Å². The van der Waals surface area contributed by atoms with Crippen molar-refractivity contribution in [3.8, 4) is 0 Å². The van der Waals surface area contributed by atoms with Gasteiger partial charge in [-0.3, -0.25) is 4.79 Å². The lowest BCUT2D eigenvalue weighted by Crippen LogP contribution is -2.34. The number of hydrogen-bond donors (Lipinski definition) is 1. The summed E-state index contributed by atoms with van der Waals surface area (Å²) in [5, 5.41) is 2.78. The number of hydrogen-bond acceptors (Lipinski definition) is 3. The summed E-state index contributed by atoms with van der Waals surface area (Å²) < 4.78 is 38.4. The van der Waals surface area contributed by atoms with Crippen LogP contribution in [0.3, 0.4) is 0 Å². The fraction of sp³-hybridized carbons (Fsp3) is 0.133. The van der Waals surface area contributed by atoms with Crippen LogP contribution < -0.4 is 5.32 Å². The van der Waals surface area contributed by atoms with Crippen molar-refractivity contribution in [3.05, 3.63) is 59.4 Å². The minimum Gasteiger partial charge on any atom is -0.325 e. The maximum absolute atomic E-state index is 12.8. The van der Waals surface area contributed by atoms with Crippen LogP contribution in [0.15, 0.2) is 53.4 Å². The summed E-state index contributed by atoms with van der Waals surface area (Å²) >= 11 is 5.79. The number of amides is 1. The number of carbonyl (C=O) groups excluding carboxylic acids is 1. The zero-order valence-electron chi connectivity index (χ0n) is 12.2. The molecule has 0 saturated carbocycles. The number of halogens is 2. The molecule has 2 rings (SSSR count). The van der Waals surface area contributed by atoms with Gasteiger partial charge in [-0.2, -0.15) is 4.31 Å². The Morgan fingerprint density at radius 1 is 1.22 bits per heavy atom. The van der Waals surface area contributed by atoms with Crippen LogP contribution in [-0.4, -0.2) is 32.2 Å². The molecule has 0 aromatic heterocycles. The molecule has 0 atom stereocenters.